The largest absolute Gasteiger partial charge is 0.472 e. The van der Waals surface area contributed by atoms with E-state index in [9.17, 15) is 50.0 Å². The summed E-state index contributed by atoms with van der Waals surface area (Å²) >= 11 is 0. The first-order valence-electron chi connectivity index (χ1n) is 19.4. The Morgan fingerprint density at radius 2 is 1.16 bits per heavy atom. The van der Waals surface area contributed by atoms with Crippen LogP contribution in [-0.4, -0.2) is 108 Å². The van der Waals surface area contributed by atoms with Gasteiger partial charge in [-0.25, -0.2) is 4.57 Å². The third-order valence-corrected chi connectivity index (χ3v) is 10.3. The summed E-state index contributed by atoms with van der Waals surface area (Å²) in [6, 6.07) is -1.25. The second-order valence-electron chi connectivity index (χ2n) is 14.0. The molecule has 0 saturated heterocycles. The molecule has 0 aromatic heterocycles. The summed E-state index contributed by atoms with van der Waals surface area (Å²) in [5.74, 6) is -0.607. The molecular formula is C37H70NO12P. The Morgan fingerprint density at radius 1 is 0.686 bits per heavy atom. The smallest absolute Gasteiger partial charge is 0.393 e. The zero-order valence-corrected chi connectivity index (χ0v) is 31.9. The number of allylic oxidation sites excluding steroid dienone is 3. The van der Waals surface area contributed by atoms with Gasteiger partial charge in [0, 0.05) is 0 Å². The lowest BCUT2D eigenvalue weighted by atomic mass is 9.85. The first-order valence-corrected chi connectivity index (χ1v) is 20.9. The quantitative estimate of drug-likeness (QED) is 0.0282. The summed E-state index contributed by atoms with van der Waals surface area (Å²) in [5, 5.41) is 73.8. The van der Waals surface area contributed by atoms with Gasteiger partial charge in [0.15, 0.2) is 0 Å². The predicted molar refractivity (Wildman–Crippen MR) is 197 cm³/mol. The zero-order valence-electron chi connectivity index (χ0n) is 31.0. The molecule has 0 spiro atoms. The fraction of sp³-hybridized carbons (Fsp3) is 0.865. The van der Waals surface area contributed by atoms with Gasteiger partial charge in [0.05, 0.1) is 31.3 Å². The molecule has 0 aliphatic heterocycles. The number of phosphoric acid groups is 1. The number of hydrogen-bond donors (Lipinski definition) is 9. The van der Waals surface area contributed by atoms with E-state index in [0.29, 0.717) is 12.8 Å². The van der Waals surface area contributed by atoms with E-state index in [1.807, 2.05) is 6.08 Å². The maximum atomic E-state index is 12.9. The van der Waals surface area contributed by atoms with Gasteiger partial charge < -0.3 is 46.0 Å². The van der Waals surface area contributed by atoms with Crippen molar-refractivity contribution in [2.24, 2.45) is 0 Å². The third-order valence-electron chi connectivity index (χ3n) is 9.29. The lowest BCUT2D eigenvalue weighted by Gasteiger charge is -2.41. The van der Waals surface area contributed by atoms with Gasteiger partial charge in [0.1, 0.15) is 36.6 Å². The van der Waals surface area contributed by atoms with Crippen LogP contribution in [0.15, 0.2) is 24.3 Å². The minimum Gasteiger partial charge on any atom is -0.393 e. The summed E-state index contributed by atoms with van der Waals surface area (Å²) in [7, 11) is -5.13. The van der Waals surface area contributed by atoms with E-state index in [4.69, 9.17) is 9.05 Å². The Bertz CT molecular complexity index is 985. The van der Waals surface area contributed by atoms with E-state index in [0.717, 1.165) is 51.4 Å². The monoisotopic (exact) mass is 751 g/mol. The molecule has 0 heterocycles. The molecule has 1 aliphatic rings. The van der Waals surface area contributed by atoms with Crippen molar-refractivity contribution in [2.75, 3.05) is 6.61 Å². The van der Waals surface area contributed by atoms with Crippen LogP contribution in [0.2, 0.25) is 0 Å². The average molecular weight is 752 g/mol. The number of hydrogen-bond acceptors (Lipinski definition) is 11. The lowest BCUT2D eigenvalue weighted by molar-refractivity contribution is -0.220. The Balaban J connectivity index is 2.62. The average Bonchev–Trinajstić information content (AvgIpc) is 3.09. The van der Waals surface area contributed by atoms with Crippen molar-refractivity contribution in [1.29, 1.82) is 0 Å². The highest BCUT2D eigenvalue weighted by Crippen LogP contribution is 2.47. The molecule has 1 aliphatic carbocycles. The number of carbonyl (C=O) groups is 1. The minimum atomic E-state index is -5.13. The van der Waals surface area contributed by atoms with Crippen LogP contribution in [0.25, 0.3) is 0 Å². The number of nitrogens with one attached hydrogen (secondary N) is 1. The van der Waals surface area contributed by atoms with Crippen LogP contribution in [0.5, 0.6) is 0 Å². The van der Waals surface area contributed by atoms with Gasteiger partial charge in [-0.1, -0.05) is 134 Å². The molecule has 1 fully saturated rings. The number of unbranched alkanes of at least 4 members (excludes halogenated alkanes) is 15. The molecule has 0 aromatic rings. The molecule has 0 bridgehead atoms. The van der Waals surface area contributed by atoms with E-state index in [1.165, 1.54) is 63.9 Å². The molecule has 1 amide bonds. The van der Waals surface area contributed by atoms with Crippen LogP contribution in [0.1, 0.15) is 142 Å². The van der Waals surface area contributed by atoms with Crippen LogP contribution in [0.4, 0.5) is 0 Å². The maximum Gasteiger partial charge on any atom is 0.472 e. The van der Waals surface area contributed by atoms with E-state index < -0.39 is 75.2 Å². The molecule has 1 saturated carbocycles. The Morgan fingerprint density at radius 3 is 1.71 bits per heavy atom. The van der Waals surface area contributed by atoms with Crippen LogP contribution in [0.3, 0.4) is 0 Å². The molecule has 13 nitrogen and oxygen atoms in total. The maximum absolute atomic E-state index is 12.9. The van der Waals surface area contributed by atoms with Gasteiger partial charge in [0.2, 0.25) is 5.91 Å². The van der Waals surface area contributed by atoms with Crippen molar-refractivity contribution in [2.45, 2.75) is 197 Å². The van der Waals surface area contributed by atoms with Gasteiger partial charge in [-0.3, -0.25) is 13.8 Å². The third kappa shape index (κ3) is 21.3. The molecule has 8 unspecified atom stereocenters. The van der Waals surface area contributed by atoms with E-state index >= 15 is 0 Å². The highest BCUT2D eigenvalue weighted by Gasteiger charge is 2.51. The van der Waals surface area contributed by atoms with Crippen LogP contribution < -0.4 is 5.32 Å². The Labute approximate surface area is 305 Å². The van der Waals surface area contributed by atoms with Crippen molar-refractivity contribution in [3.63, 3.8) is 0 Å². The van der Waals surface area contributed by atoms with Gasteiger partial charge in [-0.2, -0.15) is 0 Å². The zero-order chi connectivity index (χ0) is 38.1. The minimum absolute atomic E-state index is 0.250. The predicted octanol–water partition coefficient (Wildman–Crippen LogP) is 4.47. The Kier molecular flexibility index (Phi) is 26.5. The van der Waals surface area contributed by atoms with E-state index in [-0.39, 0.29) is 6.42 Å². The highest BCUT2D eigenvalue weighted by atomic mass is 31.2. The van der Waals surface area contributed by atoms with Gasteiger partial charge in [0.25, 0.3) is 0 Å². The number of amides is 1. The van der Waals surface area contributed by atoms with Gasteiger partial charge in [-0.15, -0.1) is 0 Å². The normalized spacial score (nSPS) is 25.6. The summed E-state index contributed by atoms with van der Waals surface area (Å²) in [6.45, 7) is 3.59. The number of carbonyl (C=O) groups excluding carboxylic acids is 1. The second-order valence-corrected chi connectivity index (χ2v) is 15.4. The summed E-state index contributed by atoms with van der Waals surface area (Å²) in [6.07, 6.45) is 13.2. The molecule has 51 heavy (non-hydrogen) atoms. The van der Waals surface area contributed by atoms with E-state index in [2.05, 4.69) is 25.2 Å². The first kappa shape index (κ1) is 47.8. The SMILES string of the molecule is CCCC/C=C/CC/C=C/C(O)C(COP(=O)(O)OC1C(O)C(O)C(O)C(O)C1O)NC(=O)CC(O)CCCCCCCCCCCCCCC. The fourth-order valence-electron chi connectivity index (χ4n) is 6.01. The molecule has 1 rings (SSSR count). The van der Waals surface area contributed by atoms with Crippen molar-refractivity contribution in [3.8, 4) is 0 Å². The topological polar surface area (TPSA) is 226 Å². The molecule has 9 N–H and O–H groups in total. The van der Waals surface area contributed by atoms with Crippen LogP contribution >= 0.6 is 7.82 Å². The number of phosphoric ester groups is 1. The standard InChI is InChI=1S/C37H70NO12P/c1-3-5-7-9-11-13-14-15-16-17-18-20-22-24-28(39)26-31(41)38-29(30(40)25-23-21-19-12-10-8-6-4-2)27-49-51(47,48)50-37-35(45)33(43)32(42)34(44)36(37)46/h10,12,23,25,28-30,32-37,39-40,42-46H,3-9,11,13-22,24,26-27H2,1-2H3,(H,38,41)(H,47,48)/b12-10+,25-23+. The van der Waals surface area contributed by atoms with Crippen molar-refractivity contribution in [3.05, 3.63) is 24.3 Å². The van der Waals surface area contributed by atoms with Crippen LogP contribution in [-0.2, 0) is 18.4 Å². The van der Waals surface area contributed by atoms with Gasteiger partial charge >= 0.3 is 7.82 Å². The molecule has 14 heteroatoms. The fourth-order valence-corrected chi connectivity index (χ4v) is 6.97. The second kappa shape index (κ2) is 28.3. The molecule has 0 radical (unpaired) electrons. The molecule has 8 atom stereocenters. The van der Waals surface area contributed by atoms with Gasteiger partial charge in [-0.05, 0) is 25.7 Å². The molecule has 0 aromatic carbocycles. The summed E-state index contributed by atoms with van der Waals surface area (Å²) in [5.41, 5.74) is 0. The van der Waals surface area contributed by atoms with Crippen molar-refractivity contribution < 1.29 is 59.0 Å². The number of aliphatic hydroxyl groups is 7. The summed E-state index contributed by atoms with van der Waals surface area (Å²) in [4.78, 5) is 23.2. The van der Waals surface area contributed by atoms with Crippen molar-refractivity contribution >= 4 is 13.7 Å². The Hall–Kier alpha value is -1.22. The highest BCUT2D eigenvalue weighted by molar-refractivity contribution is 7.47. The van der Waals surface area contributed by atoms with Crippen molar-refractivity contribution in [1.82, 2.24) is 5.32 Å². The van der Waals surface area contributed by atoms with Crippen LogP contribution in [0, 0.1) is 0 Å². The van der Waals surface area contributed by atoms with E-state index in [1.54, 1.807) is 6.08 Å². The number of rotatable bonds is 30. The first-order chi connectivity index (χ1) is 24.3. The number of aliphatic hydroxyl groups excluding tert-OH is 7. The summed E-state index contributed by atoms with van der Waals surface area (Å²) < 4.78 is 22.6. The molecular weight excluding hydrogens is 681 g/mol. The lowest BCUT2D eigenvalue weighted by Crippen LogP contribution is -2.64. The molecule has 300 valence electrons.